The summed E-state index contributed by atoms with van der Waals surface area (Å²) in [5.41, 5.74) is 0. The Hall–Kier alpha value is 0.720. The first-order valence-electron chi connectivity index (χ1n) is 4.89. The van der Waals surface area contributed by atoms with Crippen molar-refractivity contribution in [3.05, 3.63) is 19.8 Å². The van der Waals surface area contributed by atoms with Crippen molar-refractivity contribution in [2.75, 3.05) is 6.61 Å². The van der Waals surface area contributed by atoms with Crippen LogP contribution in [0.4, 0.5) is 0 Å². The van der Waals surface area contributed by atoms with Crippen LogP contribution in [0.2, 0.25) is 5.02 Å². The van der Waals surface area contributed by atoms with E-state index in [1.54, 1.807) is 11.3 Å². The fourth-order valence-electron chi connectivity index (χ4n) is 1.68. The highest BCUT2D eigenvalue weighted by Gasteiger charge is 2.26. The maximum Gasteiger partial charge on any atom is 0.0940 e. The molecule has 0 spiro atoms. The van der Waals surface area contributed by atoms with E-state index >= 15 is 0 Å². The van der Waals surface area contributed by atoms with Crippen molar-refractivity contribution in [1.29, 1.82) is 0 Å². The molecule has 2 rings (SSSR count). The smallest absolute Gasteiger partial charge is 0.0940 e. The van der Waals surface area contributed by atoms with Crippen molar-refractivity contribution in [2.24, 2.45) is 0 Å². The Labute approximate surface area is 112 Å². The molecule has 0 radical (unpaired) electrons. The first-order chi connectivity index (χ1) is 7.18. The third-order valence-corrected chi connectivity index (χ3v) is 5.68. The summed E-state index contributed by atoms with van der Waals surface area (Å²) in [6.45, 7) is 0.828. The molecule has 2 unspecified atom stereocenters. The molecule has 15 heavy (non-hydrogen) atoms. The van der Waals surface area contributed by atoms with E-state index in [1.165, 1.54) is 6.42 Å². The van der Waals surface area contributed by atoms with Crippen molar-refractivity contribution >= 4 is 50.5 Å². The SMILES string of the molecule is Clc1cc(C(Cl)C2CCCCO2)sc1Br. The molecule has 1 nitrogen and oxygen atoms in total. The van der Waals surface area contributed by atoms with Crippen LogP contribution >= 0.6 is 50.5 Å². The predicted molar refractivity (Wildman–Crippen MR) is 69.2 cm³/mol. The van der Waals surface area contributed by atoms with Gasteiger partial charge in [-0.2, -0.15) is 0 Å². The van der Waals surface area contributed by atoms with Crippen LogP contribution in [0.25, 0.3) is 0 Å². The molecule has 5 heteroatoms. The molecule has 1 aliphatic heterocycles. The Morgan fingerprint density at radius 2 is 2.33 bits per heavy atom. The van der Waals surface area contributed by atoms with E-state index in [9.17, 15) is 0 Å². The number of ether oxygens (including phenoxy) is 1. The zero-order chi connectivity index (χ0) is 10.8. The Bertz CT molecular complexity index is 317. The molecule has 0 amide bonds. The number of alkyl halides is 1. The van der Waals surface area contributed by atoms with E-state index < -0.39 is 0 Å². The third kappa shape index (κ3) is 2.89. The lowest BCUT2D eigenvalue weighted by Gasteiger charge is -2.25. The molecule has 84 valence electrons. The summed E-state index contributed by atoms with van der Waals surface area (Å²) >= 11 is 17.3. The van der Waals surface area contributed by atoms with E-state index in [-0.39, 0.29) is 11.5 Å². The first kappa shape index (κ1) is 12.2. The second-order valence-corrected chi connectivity index (χ2v) is 6.86. The van der Waals surface area contributed by atoms with Gasteiger partial charge in [0.1, 0.15) is 0 Å². The van der Waals surface area contributed by atoms with Crippen LogP contribution in [0.15, 0.2) is 9.85 Å². The normalized spacial score (nSPS) is 24.1. The Kier molecular flexibility index (Phi) is 4.36. The van der Waals surface area contributed by atoms with Gasteiger partial charge in [-0.3, -0.25) is 0 Å². The van der Waals surface area contributed by atoms with Crippen LogP contribution in [0, 0.1) is 0 Å². The van der Waals surface area contributed by atoms with Crippen molar-refractivity contribution in [3.63, 3.8) is 0 Å². The van der Waals surface area contributed by atoms with Gasteiger partial charge in [0.15, 0.2) is 0 Å². The fourth-order valence-corrected chi connectivity index (χ4v) is 3.85. The molecule has 1 aromatic rings. The number of halogens is 3. The van der Waals surface area contributed by atoms with Crippen molar-refractivity contribution in [1.82, 2.24) is 0 Å². The molecular formula is C10H11BrCl2OS. The van der Waals surface area contributed by atoms with E-state index in [4.69, 9.17) is 27.9 Å². The summed E-state index contributed by atoms with van der Waals surface area (Å²) in [6.07, 6.45) is 3.53. The Morgan fingerprint density at radius 3 is 2.87 bits per heavy atom. The third-order valence-electron chi connectivity index (χ3n) is 2.48. The van der Waals surface area contributed by atoms with Crippen LogP contribution in [0.3, 0.4) is 0 Å². The second kappa shape index (κ2) is 5.37. The Morgan fingerprint density at radius 1 is 1.53 bits per heavy atom. The number of rotatable bonds is 2. The van der Waals surface area contributed by atoms with Gasteiger partial charge in [0.05, 0.1) is 20.3 Å². The molecule has 2 heterocycles. The highest BCUT2D eigenvalue weighted by atomic mass is 79.9. The molecule has 1 aromatic heterocycles. The van der Waals surface area contributed by atoms with Gasteiger partial charge in [-0.1, -0.05) is 11.6 Å². The van der Waals surface area contributed by atoms with Crippen LogP contribution < -0.4 is 0 Å². The van der Waals surface area contributed by atoms with Crippen LogP contribution in [-0.2, 0) is 4.74 Å². The van der Waals surface area contributed by atoms with Gasteiger partial charge >= 0.3 is 0 Å². The number of thiophene rings is 1. The van der Waals surface area contributed by atoms with Crippen molar-refractivity contribution in [3.8, 4) is 0 Å². The maximum absolute atomic E-state index is 6.38. The van der Waals surface area contributed by atoms with Gasteiger partial charge < -0.3 is 4.74 Å². The minimum Gasteiger partial charge on any atom is -0.376 e. The summed E-state index contributed by atoms with van der Waals surface area (Å²) in [5, 5.41) is 0.663. The molecule has 0 aromatic carbocycles. The Balaban J connectivity index is 2.08. The van der Waals surface area contributed by atoms with Crippen LogP contribution in [0.5, 0.6) is 0 Å². The molecule has 0 bridgehead atoms. The van der Waals surface area contributed by atoms with Gasteiger partial charge in [-0.25, -0.2) is 0 Å². The van der Waals surface area contributed by atoms with E-state index in [2.05, 4.69) is 15.9 Å². The summed E-state index contributed by atoms with van der Waals surface area (Å²) < 4.78 is 6.60. The van der Waals surface area contributed by atoms with Gasteiger partial charge in [-0.15, -0.1) is 22.9 Å². The van der Waals surface area contributed by atoms with Gasteiger partial charge in [0.25, 0.3) is 0 Å². The maximum atomic E-state index is 6.38. The summed E-state index contributed by atoms with van der Waals surface area (Å²) in [4.78, 5) is 1.08. The lowest BCUT2D eigenvalue weighted by atomic mass is 10.1. The first-order valence-corrected chi connectivity index (χ1v) is 7.31. The quantitative estimate of drug-likeness (QED) is 0.693. The average Bonchev–Trinajstić information content (AvgIpc) is 2.59. The molecule has 0 N–H and O–H groups in total. The number of hydrogen-bond donors (Lipinski definition) is 0. The standard InChI is InChI=1S/C10H11BrCl2OS/c11-10-6(12)5-8(15-10)9(13)7-3-1-2-4-14-7/h5,7,9H,1-4H2. The van der Waals surface area contributed by atoms with Crippen molar-refractivity contribution in [2.45, 2.75) is 30.7 Å². The highest BCUT2D eigenvalue weighted by molar-refractivity contribution is 9.11. The van der Waals surface area contributed by atoms with Crippen molar-refractivity contribution < 1.29 is 4.74 Å². The minimum absolute atomic E-state index is 0.0703. The summed E-state index contributed by atoms with van der Waals surface area (Å²) in [7, 11) is 0. The van der Waals surface area contributed by atoms with Gasteiger partial charge in [0.2, 0.25) is 0 Å². The van der Waals surface area contributed by atoms with Gasteiger partial charge in [-0.05, 0) is 41.3 Å². The largest absolute Gasteiger partial charge is 0.376 e. The fraction of sp³-hybridized carbons (Fsp3) is 0.600. The monoisotopic (exact) mass is 328 g/mol. The summed E-state index contributed by atoms with van der Waals surface area (Å²) in [5.74, 6) is 0. The number of hydrogen-bond acceptors (Lipinski definition) is 2. The van der Waals surface area contributed by atoms with Crippen LogP contribution in [-0.4, -0.2) is 12.7 Å². The zero-order valence-electron chi connectivity index (χ0n) is 8.01. The molecule has 1 saturated heterocycles. The van der Waals surface area contributed by atoms with E-state index in [0.717, 1.165) is 33.1 Å². The van der Waals surface area contributed by atoms with E-state index in [0.29, 0.717) is 0 Å². The molecule has 1 aliphatic rings. The van der Waals surface area contributed by atoms with Crippen LogP contribution in [0.1, 0.15) is 29.5 Å². The molecule has 0 aliphatic carbocycles. The lowest BCUT2D eigenvalue weighted by Crippen LogP contribution is -2.23. The average molecular weight is 330 g/mol. The van der Waals surface area contributed by atoms with E-state index in [1.807, 2.05) is 6.07 Å². The summed E-state index contributed by atoms with van der Waals surface area (Å²) in [6, 6.07) is 1.92. The highest BCUT2D eigenvalue weighted by Crippen LogP contribution is 2.40. The zero-order valence-corrected chi connectivity index (χ0v) is 11.9. The molecule has 0 saturated carbocycles. The minimum atomic E-state index is -0.0703. The predicted octanol–water partition coefficient (Wildman–Crippen LogP) is 5.01. The molecule has 2 atom stereocenters. The second-order valence-electron chi connectivity index (χ2n) is 3.58. The molecule has 1 fully saturated rings. The topological polar surface area (TPSA) is 9.23 Å². The molecular weight excluding hydrogens is 319 g/mol. The van der Waals surface area contributed by atoms with Gasteiger partial charge in [0, 0.05) is 11.5 Å². The lowest BCUT2D eigenvalue weighted by molar-refractivity contribution is 0.0141.